The van der Waals surface area contributed by atoms with Crippen molar-refractivity contribution in [1.29, 1.82) is 0 Å². The van der Waals surface area contributed by atoms with E-state index in [0.717, 1.165) is 11.2 Å². The Morgan fingerprint density at radius 1 is 1.16 bits per heavy atom. The molecule has 19 heavy (non-hydrogen) atoms. The normalized spacial score (nSPS) is 25.8. The van der Waals surface area contributed by atoms with Crippen molar-refractivity contribution in [2.75, 3.05) is 7.05 Å². The minimum atomic E-state index is -0.523. The Morgan fingerprint density at radius 2 is 1.95 bits per heavy atom. The molecule has 0 radical (unpaired) electrons. The minimum Gasteiger partial charge on any atom is -0.343 e. The molecule has 1 spiro atoms. The second-order valence-electron chi connectivity index (χ2n) is 5.67. The van der Waals surface area contributed by atoms with Gasteiger partial charge in [-0.3, -0.25) is 14.5 Å². The van der Waals surface area contributed by atoms with Gasteiger partial charge >= 0.3 is 0 Å². The van der Waals surface area contributed by atoms with Gasteiger partial charge in [0.1, 0.15) is 0 Å². The van der Waals surface area contributed by atoms with Crippen molar-refractivity contribution >= 4 is 22.7 Å². The maximum atomic E-state index is 12.3. The molecule has 0 bridgehead atoms. The maximum absolute atomic E-state index is 12.3. The van der Waals surface area contributed by atoms with Crippen molar-refractivity contribution in [3.8, 4) is 0 Å². The molecule has 2 aliphatic heterocycles. The van der Waals surface area contributed by atoms with Crippen LogP contribution in [0.25, 0.3) is 10.9 Å². The number of hydrogen-bond donors (Lipinski definition) is 0. The number of fused-ring (bicyclic) bond motifs is 3. The molecule has 0 N–H and O–H groups in total. The van der Waals surface area contributed by atoms with Crippen molar-refractivity contribution in [3.63, 3.8) is 0 Å². The van der Waals surface area contributed by atoms with E-state index in [1.807, 2.05) is 12.1 Å². The summed E-state index contributed by atoms with van der Waals surface area (Å²) < 4.78 is 2.19. The number of para-hydroxylation sites is 1. The van der Waals surface area contributed by atoms with E-state index in [1.54, 1.807) is 7.05 Å². The second-order valence-corrected chi connectivity index (χ2v) is 5.67. The number of imide groups is 1. The van der Waals surface area contributed by atoms with Gasteiger partial charge in [0, 0.05) is 37.6 Å². The van der Waals surface area contributed by atoms with E-state index >= 15 is 0 Å². The molecule has 1 unspecified atom stereocenters. The molecule has 0 saturated carbocycles. The van der Waals surface area contributed by atoms with E-state index in [0.29, 0.717) is 19.4 Å². The molecule has 2 aromatic rings. The fraction of sp³-hybridized carbons (Fsp3) is 0.333. The van der Waals surface area contributed by atoms with Crippen LogP contribution in [0, 0.1) is 5.41 Å². The predicted molar refractivity (Wildman–Crippen MR) is 70.5 cm³/mol. The van der Waals surface area contributed by atoms with Crippen molar-refractivity contribution < 1.29 is 9.59 Å². The van der Waals surface area contributed by atoms with Crippen LogP contribution in [-0.2, 0) is 22.6 Å². The average Bonchev–Trinajstić information content (AvgIpc) is 2.97. The molecule has 1 aromatic carbocycles. The van der Waals surface area contributed by atoms with E-state index in [9.17, 15) is 9.59 Å². The number of carbonyl (C=O) groups is 2. The maximum Gasteiger partial charge on any atom is 0.237 e. The van der Waals surface area contributed by atoms with Crippen molar-refractivity contribution in [3.05, 3.63) is 36.0 Å². The third-order valence-corrected chi connectivity index (χ3v) is 4.50. The molecule has 0 aliphatic carbocycles. The van der Waals surface area contributed by atoms with Crippen LogP contribution in [0.5, 0.6) is 0 Å². The predicted octanol–water partition coefficient (Wildman–Crippen LogP) is 1.57. The quantitative estimate of drug-likeness (QED) is 0.670. The number of rotatable bonds is 0. The Morgan fingerprint density at radius 3 is 2.68 bits per heavy atom. The third-order valence-electron chi connectivity index (χ3n) is 4.50. The zero-order valence-corrected chi connectivity index (χ0v) is 10.7. The summed E-state index contributed by atoms with van der Waals surface area (Å²) in [4.78, 5) is 25.4. The first kappa shape index (κ1) is 10.8. The lowest BCUT2D eigenvalue weighted by atomic mass is 9.84. The van der Waals surface area contributed by atoms with Gasteiger partial charge in [-0.1, -0.05) is 18.2 Å². The van der Waals surface area contributed by atoms with E-state index < -0.39 is 5.41 Å². The highest BCUT2D eigenvalue weighted by Gasteiger charge is 2.53. The lowest BCUT2D eigenvalue weighted by molar-refractivity contribution is -0.139. The van der Waals surface area contributed by atoms with E-state index in [-0.39, 0.29) is 11.8 Å². The topological polar surface area (TPSA) is 42.3 Å². The highest BCUT2D eigenvalue weighted by atomic mass is 16.2. The first-order valence-corrected chi connectivity index (χ1v) is 6.49. The van der Waals surface area contributed by atoms with Gasteiger partial charge < -0.3 is 4.57 Å². The Kier molecular flexibility index (Phi) is 1.85. The number of likely N-dealkylation sites (tertiary alicyclic amines) is 1. The van der Waals surface area contributed by atoms with Gasteiger partial charge in [0.2, 0.25) is 11.8 Å². The lowest BCUT2D eigenvalue weighted by Crippen LogP contribution is -2.34. The fourth-order valence-corrected chi connectivity index (χ4v) is 3.52. The van der Waals surface area contributed by atoms with Crippen LogP contribution in [0.3, 0.4) is 0 Å². The van der Waals surface area contributed by atoms with Gasteiger partial charge in [-0.15, -0.1) is 0 Å². The van der Waals surface area contributed by atoms with Crippen LogP contribution in [0.4, 0.5) is 0 Å². The summed E-state index contributed by atoms with van der Waals surface area (Å²) in [7, 11) is 1.59. The number of amides is 2. The fourth-order valence-electron chi connectivity index (χ4n) is 3.52. The zero-order valence-electron chi connectivity index (χ0n) is 10.7. The first-order valence-electron chi connectivity index (χ1n) is 6.49. The highest BCUT2D eigenvalue weighted by molar-refractivity contribution is 6.06. The molecular formula is C15H14N2O2. The van der Waals surface area contributed by atoms with Gasteiger partial charge in [-0.25, -0.2) is 0 Å². The van der Waals surface area contributed by atoms with E-state index in [1.165, 1.54) is 10.3 Å². The van der Waals surface area contributed by atoms with Crippen LogP contribution in [-0.4, -0.2) is 28.3 Å². The minimum absolute atomic E-state index is 0.0229. The van der Waals surface area contributed by atoms with Crippen molar-refractivity contribution in [2.45, 2.75) is 19.4 Å². The van der Waals surface area contributed by atoms with Gasteiger partial charge in [0.15, 0.2) is 0 Å². The largest absolute Gasteiger partial charge is 0.343 e. The summed E-state index contributed by atoms with van der Waals surface area (Å²) in [6, 6.07) is 10.3. The zero-order chi connectivity index (χ0) is 13.2. The SMILES string of the molecule is CN1C(=O)CC2(Cc3cc4ccccc4n3C2)C1=O. The number of nitrogens with zero attached hydrogens (tertiary/aromatic N) is 2. The van der Waals surface area contributed by atoms with Gasteiger partial charge in [0.05, 0.1) is 5.41 Å². The molecule has 4 heteroatoms. The summed E-state index contributed by atoms with van der Waals surface area (Å²) in [5, 5.41) is 1.21. The molecule has 1 aromatic heterocycles. The molecule has 1 fully saturated rings. The standard InChI is InChI=1S/C15H14N2O2/c1-16-13(18)8-15(14(16)19)7-11-6-10-4-2-3-5-12(10)17(11)9-15/h2-6H,7-9H2,1H3. The number of hydrogen-bond acceptors (Lipinski definition) is 2. The molecule has 3 heterocycles. The summed E-state index contributed by atoms with van der Waals surface area (Å²) >= 11 is 0. The molecule has 4 nitrogen and oxygen atoms in total. The number of carbonyl (C=O) groups excluding carboxylic acids is 2. The molecule has 4 rings (SSSR count). The number of benzene rings is 1. The van der Waals surface area contributed by atoms with E-state index in [2.05, 4.69) is 22.8 Å². The van der Waals surface area contributed by atoms with E-state index in [4.69, 9.17) is 0 Å². The van der Waals surface area contributed by atoms with Crippen molar-refractivity contribution in [2.24, 2.45) is 5.41 Å². The Labute approximate surface area is 110 Å². The van der Waals surface area contributed by atoms with Crippen LogP contribution >= 0.6 is 0 Å². The third kappa shape index (κ3) is 1.23. The number of aromatic nitrogens is 1. The highest BCUT2D eigenvalue weighted by Crippen LogP contribution is 2.44. The summed E-state index contributed by atoms with van der Waals surface area (Å²) in [6.45, 7) is 0.630. The van der Waals surface area contributed by atoms with Crippen LogP contribution < -0.4 is 0 Å². The molecule has 2 amide bonds. The molecule has 2 aliphatic rings. The van der Waals surface area contributed by atoms with Gasteiger partial charge in [-0.05, 0) is 17.5 Å². The Hall–Kier alpha value is -2.10. The summed E-state index contributed by atoms with van der Waals surface area (Å²) in [6.07, 6.45) is 1.02. The first-order chi connectivity index (χ1) is 9.11. The second kappa shape index (κ2) is 3.26. The molecule has 1 atom stereocenters. The van der Waals surface area contributed by atoms with Crippen LogP contribution in [0.15, 0.2) is 30.3 Å². The monoisotopic (exact) mass is 254 g/mol. The summed E-state index contributed by atoms with van der Waals surface area (Å²) in [5.74, 6) is -0.0784. The van der Waals surface area contributed by atoms with Gasteiger partial charge in [0.25, 0.3) is 0 Å². The van der Waals surface area contributed by atoms with Crippen molar-refractivity contribution in [1.82, 2.24) is 9.47 Å². The Bertz CT molecular complexity index is 731. The smallest absolute Gasteiger partial charge is 0.237 e. The van der Waals surface area contributed by atoms with Crippen LogP contribution in [0.1, 0.15) is 12.1 Å². The molecule has 96 valence electrons. The Balaban J connectivity index is 1.83. The lowest BCUT2D eigenvalue weighted by Gasteiger charge is -2.19. The average molecular weight is 254 g/mol. The van der Waals surface area contributed by atoms with Gasteiger partial charge in [-0.2, -0.15) is 0 Å². The molecule has 1 saturated heterocycles. The summed E-state index contributed by atoms with van der Waals surface area (Å²) in [5.41, 5.74) is 1.80. The van der Waals surface area contributed by atoms with Crippen LogP contribution in [0.2, 0.25) is 0 Å². The molecular weight excluding hydrogens is 240 g/mol.